The topological polar surface area (TPSA) is 69.6 Å². The lowest BCUT2D eigenvalue weighted by molar-refractivity contribution is 0.768. The maximum absolute atomic E-state index is 5.93. The second-order valence-corrected chi connectivity index (χ2v) is 5.72. The molecule has 0 fully saturated rings. The first-order chi connectivity index (χ1) is 9.11. The Kier molecular flexibility index (Phi) is 2.96. The zero-order chi connectivity index (χ0) is 13.4. The van der Waals surface area contributed by atoms with Crippen molar-refractivity contribution < 1.29 is 0 Å². The molecule has 0 saturated heterocycles. The number of aryl methyl sites for hydroxylation is 1. The summed E-state index contributed by atoms with van der Waals surface area (Å²) in [5.74, 6) is 1.00. The summed E-state index contributed by atoms with van der Waals surface area (Å²) >= 11 is 7.35. The molecule has 3 aromatic rings. The number of thiophene rings is 1. The van der Waals surface area contributed by atoms with Crippen molar-refractivity contribution in [3.63, 3.8) is 0 Å². The Morgan fingerprint density at radius 3 is 2.79 bits per heavy atom. The fourth-order valence-corrected chi connectivity index (χ4v) is 2.69. The number of hydrogen-bond acceptors (Lipinski definition) is 5. The van der Waals surface area contributed by atoms with Crippen LogP contribution in [0.1, 0.15) is 0 Å². The number of anilines is 1. The molecule has 0 aliphatic heterocycles. The maximum atomic E-state index is 5.93. The van der Waals surface area contributed by atoms with Crippen molar-refractivity contribution in [3.05, 3.63) is 34.9 Å². The molecule has 0 aromatic carbocycles. The summed E-state index contributed by atoms with van der Waals surface area (Å²) in [4.78, 5) is 9.64. The highest BCUT2D eigenvalue weighted by molar-refractivity contribution is 7.19. The van der Waals surface area contributed by atoms with Crippen molar-refractivity contribution >= 4 is 28.8 Å². The van der Waals surface area contributed by atoms with Crippen LogP contribution in [0.4, 0.5) is 5.82 Å². The number of halogens is 1. The van der Waals surface area contributed by atoms with Crippen LogP contribution in [0.25, 0.3) is 22.0 Å². The number of rotatable bonds is 2. The highest BCUT2D eigenvalue weighted by Gasteiger charge is 2.10. The van der Waals surface area contributed by atoms with Crippen LogP contribution in [0.5, 0.6) is 0 Å². The van der Waals surface area contributed by atoms with Gasteiger partial charge in [0.25, 0.3) is 0 Å². The Balaban J connectivity index is 2.10. The molecule has 3 heterocycles. The number of hydrogen-bond donors (Lipinski definition) is 1. The first kappa shape index (κ1) is 12.1. The van der Waals surface area contributed by atoms with Gasteiger partial charge in [0.05, 0.1) is 21.1 Å². The fraction of sp³-hybridized carbons (Fsp3) is 0.0833. The normalized spacial score (nSPS) is 10.8. The molecule has 7 heteroatoms. The zero-order valence-electron chi connectivity index (χ0n) is 10.0. The minimum atomic E-state index is 0.424. The average Bonchev–Trinajstić information content (AvgIpc) is 2.97. The van der Waals surface area contributed by atoms with Crippen LogP contribution in [0, 0.1) is 0 Å². The highest BCUT2D eigenvalue weighted by Crippen LogP contribution is 2.30. The van der Waals surface area contributed by atoms with Crippen LogP contribution < -0.4 is 5.73 Å². The van der Waals surface area contributed by atoms with E-state index in [0.717, 1.165) is 16.1 Å². The van der Waals surface area contributed by atoms with Crippen LogP contribution in [0.15, 0.2) is 30.6 Å². The van der Waals surface area contributed by atoms with Crippen molar-refractivity contribution in [1.82, 2.24) is 19.7 Å². The van der Waals surface area contributed by atoms with Gasteiger partial charge in [0.1, 0.15) is 5.82 Å². The molecular formula is C12H10ClN5S. The summed E-state index contributed by atoms with van der Waals surface area (Å²) in [6, 6.07) is 5.43. The Morgan fingerprint density at radius 1 is 1.32 bits per heavy atom. The van der Waals surface area contributed by atoms with Crippen LogP contribution in [0.3, 0.4) is 0 Å². The Labute approximate surface area is 118 Å². The summed E-state index contributed by atoms with van der Waals surface area (Å²) in [5.41, 5.74) is 7.49. The number of aromatic nitrogens is 4. The minimum absolute atomic E-state index is 0.424. The van der Waals surface area contributed by atoms with E-state index in [1.165, 1.54) is 11.3 Å². The molecule has 0 amide bonds. The van der Waals surface area contributed by atoms with Gasteiger partial charge in [-0.2, -0.15) is 5.10 Å². The van der Waals surface area contributed by atoms with E-state index in [2.05, 4.69) is 15.1 Å². The smallest absolute Gasteiger partial charge is 0.172 e. The predicted octanol–water partition coefficient (Wildman–Crippen LogP) is 2.84. The Morgan fingerprint density at radius 2 is 2.16 bits per heavy atom. The van der Waals surface area contributed by atoms with Gasteiger partial charge in [0.2, 0.25) is 0 Å². The second-order valence-electron chi connectivity index (χ2n) is 4.01. The molecule has 0 aliphatic carbocycles. The number of nitrogens with zero attached hydrogens (tertiary/aromatic N) is 4. The molecule has 0 atom stereocenters. The SMILES string of the molecule is Cn1cc(-c2cc(N)nc(-c3ccc(Cl)s3)n2)cn1. The minimum Gasteiger partial charge on any atom is -0.384 e. The van der Waals surface area contributed by atoms with Gasteiger partial charge in [-0.15, -0.1) is 11.3 Å². The lowest BCUT2D eigenvalue weighted by atomic mass is 10.2. The van der Waals surface area contributed by atoms with E-state index in [-0.39, 0.29) is 0 Å². The third-order valence-corrected chi connectivity index (χ3v) is 3.77. The molecular weight excluding hydrogens is 282 g/mol. The van der Waals surface area contributed by atoms with E-state index in [9.17, 15) is 0 Å². The van der Waals surface area contributed by atoms with E-state index in [4.69, 9.17) is 17.3 Å². The van der Waals surface area contributed by atoms with Gasteiger partial charge in [-0.1, -0.05) is 11.6 Å². The van der Waals surface area contributed by atoms with Gasteiger partial charge in [-0.05, 0) is 12.1 Å². The molecule has 5 nitrogen and oxygen atoms in total. The molecule has 19 heavy (non-hydrogen) atoms. The Hall–Kier alpha value is -1.92. The lowest BCUT2D eigenvalue weighted by Crippen LogP contribution is -1.96. The predicted molar refractivity (Wildman–Crippen MR) is 77.0 cm³/mol. The standard InChI is InChI=1S/C12H10ClN5S/c1-18-6-7(5-15-18)8-4-11(14)17-12(16-8)9-2-3-10(13)19-9/h2-6H,1H3,(H2,14,16,17). The zero-order valence-corrected chi connectivity index (χ0v) is 11.6. The number of nitrogen functional groups attached to an aromatic ring is 1. The Bertz CT molecular complexity index is 675. The summed E-state index contributed by atoms with van der Waals surface area (Å²) in [7, 11) is 1.86. The maximum Gasteiger partial charge on any atom is 0.172 e. The summed E-state index contributed by atoms with van der Waals surface area (Å²) < 4.78 is 2.42. The van der Waals surface area contributed by atoms with Crippen molar-refractivity contribution in [3.8, 4) is 22.0 Å². The van der Waals surface area contributed by atoms with Gasteiger partial charge in [-0.25, -0.2) is 9.97 Å². The van der Waals surface area contributed by atoms with Crippen molar-refractivity contribution in [2.24, 2.45) is 7.05 Å². The molecule has 0 radical (unpaired) electrons. The van der Waals surface area contributed by atoms with Gasteiger partial charge >= 0.3 is 0 Å². The summed E-state index contributed by atoms with van der Waals surface area (Å²) in [6.07, 6.45) is 3.62. The molecule has 3 aromatic heterocycles. The third kappa shape index (κ3) is 2.45. The molecule has 0 bridgehead atoms. The number of nitrogens with two attached hydrogens (primary N) is 1. The first-order valence-electron chi connectivity index (χ1n) is 5.51. The van der Waals surface area contributed by atoms with Crippen LogP contribution >= 0.6 is 22.9 Å². The van der Waals surface area contributed by atoms with Crippen molar-refractivity contribution in [1.29, 1.82) is 0 Å². The molecule has 0 saturated carbocycles. The molecule has 0 aliphatic rings. The van der Waals surface area contributed by atoms with E-state index in [1.54, 1.807) is 16.9 Å². The molecule has 96 valence electrons. The summed E-state index contributed by atoms with van der Waals surface area (Å²) in [5, 5.41) is 4.13. The van der Waals surface area contributed by atoms with E-state index >= 15 is 0 Å². The largest absolute Gasteiger partial charge is 0.384 e. The first-order valence-corrected chi connectivity index (χ1v) is 6.70. The molecule has 0 unspecified atom stereocenters. The van der Waals surface area contributed by atoms with Gasteiger partial charge in [0.15, 0.2) is 5.82 Å². The van der Waals surface area contributed by atoms with Crippen LogP contribution in [-0.4, -0.2) is 19.7 Å². The van der Waals surface area contributed by atoms with E-state index in [0.29, 0.717) is 16.0 Å². The van der Waals surface area contributed by atoms with Gasteiger partial charge < -0.3 is 5.73 Å². The van der Waals surface area contributed by atoms with E-state index < -0.39 is 0 Å². The van der Waals surface area contributed by atoms with E-state index in [1.807, 2.05) is 25.4 Å². The quantitative estimate of drug-likeness (QED) is 0.788. The summed E-state index contributed by atoms with van der Waals surface area (Å²) in [6.45, 7) is 0. The van der Waals surface area contributed by atoms with Crippen LogP contribution in [0.2, 0.25) is 4.34 Å². The highest BCUT2D eigenvalue weighted by atomic mass is 35.5. The van der Waals surface area contributed by atoms with Crippen LogP contribution in [-0.2, 0) is 7.05 Å². The molecule has 2 N–H and O–H groups in total. The van der Waals surface area contributed by atoms with Gasteiger partial charge in [0, 0.05) is 24.9 Å². The van der Waals surface area contributed by atoms with Gasteiger partial charge in [-0.3, -0.25) is 4.68 Å². The van der Waals surface area contributed by atoms with Crippen molar-refractivity contribution in [2.75, 3.05) is 5.73 Å². The monoisotopic (exact) mass is 291 g/mol. The van der Waals surface area contributed by atoms with Crippen molar-refractivity contribution in [2.45, 2.75) is 0 Å². The molecule has 3 rings (SSSR count). The third-order valence-electron chi connectivity index (χ3n) is 2.54. The lowest BCUT2D eigenvalue weighted by Gasteiger charge is -2.02. The average molecular weight is 292 g/mol. The fourth-order valence-electron chi connectivity index (χ4n) is 1.71. The molecule has 0 spiro atoms. The second kappa shape index (κ2) is 4.64.